The lowest BCUT2D eigenvalue weighted by molar-refractivity contribution is -0.123. The van der Waals surface area contributed by atoms with Crippen LogP contribution in [0.5, 0.6) is 0 Å². The van der Waals surface area contributed by atoms with Gasteiger partial charge in [0.25, 0.3) is 0 Å². The van der Waals surface area contributed by atoms with E-state index in [0.29, 0.717) is 24.7 Å². The standard InChI is InChI=1S/C14H24N2O/c1-10-8-11-4-2-3-5-13(11)16(10)9-14(17)15-12-6-7-12/h10-13H,2-9H2,1H3,(H,15,17). The molecule has 2 saturated carbocycles. The number of likely N-dealkylation sites (tertiary alicyclic amines) is 1. The molecule has 3 aliphatic rings. The van der Waals surface area contributed by atoms with Crippen LogP contribution in [0.25, 0.3) is 0 Å². The largest absolute Gasteiger partial charge is 0.352 e. The molecule has 1 heterocycles. The van der Waals surface area contributed by atoms with Crippen LogP contribution in [0.1, 0.15) is 51.9 Å². The first-order valence-corrected chi connectivity index (χ1v) is 7.29. The minimum atomic E-state index is 0.255. The number of nitrogens with one attached hydrogen (secondary N) is 1. The zero-order valence-electron chi connectivity index (χ0n) is 10.8. The zero-order valence-corrected chi connectivity index (χ0v) is 10.8. The lowest BCUT2D eigenvalue weighted by Crippen LogP contribution is -2.44. The first-order chi connectivity index (χ1) is 8.24. The van der Waals surface area contributed by atoms with Crippen molar-refractivity contribution in [3.63, 3.8) is 0 Å². The smallest absolute Gasteiger partial charge is 0.234 e. The third-order valence-electron chi connectivity index (χ3n) is 4.77. The summed E-state index contributed by atoms with van der Waals surface area (Å²) in [6.07, 6.45) is 9.13. The maximum Gasteiger partial charge on any atom is 0.234 e. The number of amides is 1. The van der Waals surface area contributed by atoms with Gasteiger partial charge in [0.1, 0.15) is 0 Å². The third-order valence-corrected chi connectivity index (χ3v) is 4.77. The molecular formula is C14H24N2O. The van der Waals surface area contributed by atoms with Gasteiger partial charge in [-0.1, -0.05) is 12.8 Å². The average Bonchev–Trinajstić information content (AvgIpc) is 3.05. The third kappa shape index (κ3) is 2.49. The van der Waals surface area contributed by atoms with Crippen LogP contribution in [0.3, 0.4) is 0 Å². The van der Waals surface area contributed by atoms with Gasteiger partial charge in [-0.2, -0.15) is 0 Å². The van der Waals surface area contributed by atoms with Crippen LogP contribution in [-0.4, -0.2) is 35.5 Å². The molecule has 17 heavy (non-hydrogen) atoms. The van der Waals surface area contributed by atoms with E-state index in [9.17, 15) is 4.79 Å². The lowest BCUT2D eigenvalue weighted by atomic mass is 9.85. The number of hydrogen-bond acceptors (Lipinski definition) is 2. The molecule has 2 aliphatic carbocycles. The van der Waals surface area contributed by atoms with Crippen LogP contribution >= 0.6 is 0 Å². The van der Waals surface area contributed by atoms with E-state index in [0.717, 1.165) is 5.92 Å². The highest BCUT2D eigenvalue weighted by Gasteiger charge is 2.40. The number of fused-ring (bicyclic) bond motifs is 1. The first kappa shape index (κ1) is 11.5. The van der Waals surface area contributed by atoms with E-state index in [2.05, 4.69) is 17.1 Å². The summed E-state index contributed by atoms with van der Waals surface area (Å²) in [5.41, 5.74) is 0. The predicted octanol–water partition coefficient (Wildman–Crippen LogP) is 1.92. The van der Waals surface area contributed by atoms with Gasteiger partial charge in [0.15, 0.2) is 0 Å². The average molecular weight is 236 g/mol. The van der Waals surface area contributed by atoms with Crippen LogP contribution in [0.2, 0.25) is 0 Å². The molecule has 1 amide bonds. The molecule has 3 fully saturated rings. The van der Waals surface area contributed by atoms with Gasteiger partial charge in [0.05, 0.1) is 6.54 Å². The van der Waals surface area contributed by atoms with Crippen molar-refractivity contribution in [3.8, 4) is 0 Å². The Bertz CT molecular complexity index is 301. The summed E-state index contributed by atoms with van der Waals surface area (Å²) in [5, 5.41) is 3.12. The fourth-order valence-electron chi connectivity index (χ4n) is 3.74. The van der Waals surface area contributed by atoms with Crippen molar-refractivity contribution in [1.82, 2.24) is 10.2 Å². The first-order valence-electron chi connectivity index (χ1n) is 7.29. The number of hydrogen-bond donors (Lipinski definition) is 1. The second kappa shape index (κ2) is 4.60. The summed E-state index contributed by atoms with van der Waals surface area (Å²) in [5.74, 6) is 1.12. The second-order valence-corrected chi connectivity index (χ2v) is 6.21. The molecule has 3 unspecified atom stereocenters. The fourth-order valence-corrected chi connectivity index (χ4v) is 3.74. The Morgan fingerprint density at radius 1 is 1.24 bits per heavy atom. The summed E-state index contributed by atoms with van der Waals surface area (Å²) in [6, 6.07) is 1.80. The Kier molecular flexibility index (Phi) is 3.12. The molecule has 0 bridgehead atoms. The topological polar surface area (TPSA) is 32.3 Å². The van der Waals surface area contributed by atoms with Crippen LogP contribution in [0, 0.1) is 5.92 Å². The van der Waals surface area contributed by atoms with Crippen molar-refractivity contribution < 1.29 is 4.79 Å². The molecule has 3 nitrogen and oxygen atoms in total. The SMILES string of the molecule is CC1CC2CCCCC2N1CC(=O)NC1CC1. The molecule has 0 aromatic heterocycles. The Labute approximate surface area is 104 Å². The minimum Gasteiger partial charge on any atom is -0.352 e. The molecule has 3 atom stereocenters. The number of rotatable bonds is 3. The van der Waals surface area contributed by atoms with E-state index < -0.39 is 0 Å². The van der Waals surface area contributed by atoms with E-state index in [1.807, 2.05) is 0 Å². The summed E-state index contributed by atoms with van der Waals surface area (Å²) in [4.78, 5) is 14.4. The van der Waals surface area contributed by atoms with Gasteiger partial charge >= 0.3 is 0 Å². The molecule has 1 saturated heterocycles. The van der Waals surface area contributed by atoms with Gasteiger partial charge < -0.3 is 5.32 Å². The normalized spacial score (nSPS) is 37.8. The summed E-state index contributed by atoms with van der Waals surface area (Å²) in [7, 11) is 0. The minimum absolute atomic E-state index is 0.255. The van der Waals surface area contributed by atoms with E-state index in [1.54, 1.807) is 0 Å². The number of carbonyl (C=O) groups excluding carboxylic acids is 1. The van der Waals surface area contributed by atoms with E-state index in [1.165, 1.54) is 44.9 Å². The highest BCUT2D eigenvalue weighted by Crippen LogP contribution is 2.39. The highest BCUT2D eigenvalue weighted by molar-refractivity contribution is 5.78. The van der Waals surface area contributed by atoms with Crippen molar-refractivity contribution in [1.29, 1.82) is 0 Å². The predicted molar refractivity (Wildman–Crippen MR) is 67.7 cm³/mol. The van der Waals surface area contributed by atoms with Crippen molar-refractivity contribution in [2.24, 2.45) is 5.92 Å². The summed E-state index contributed by atoms with van der Waals surface area (Å²) >= 11 is 0. The molecular weight excluding hydrogens is 212 g/mol. The van der Waals surface area contributed by atoms with Gasteiger partial charge in [-0.05, 0) is 44.9 Å². The fraction of sp³-hybridized carbons (Fsp3) is 0.929. The van der Waals surface area contributed by atoms with Crippen molar-refractivity contribution in [2.75, 3.05) is 6.54 Å². The van der Waals surface area contributed by atoms with E-state index >= 15 is 0 Å². The van der Waals surface area contributed by atoms with Gasteiger partial charge in [0.2, 0.25) is 5.91 Å². The summed E-state index contributed by atoms with van der Waals surface area (Å²) in [6.45, 7) is 2.93. The number of nitrogens with zero attached hydrogens (tertiary/aromatic N) is 1. The lowest BCUT2D eigenvalue weighted by Gasteiger charge is -2.32. The quantitative estimate of drug-likeness (QED) is 0.812. The Morgan fingerprint density at radius 2 is 2.00 bits per heavy atom. The molecule has 3 heteroatoms. The molecule has 1 N–H and O–H groups in total. The van der Waals surface area contributed by atoms with Crippen LogP contribution in [0.15, 0.2) is 0 Å². The number of carbonyl (C=O) groups is 1. The van der Waals surface area contributed by atoms with E-state index in [-0.39, 0.29) is 5.91 Å². The molecule has 96 valence electrons. The van der Waals surface area contributed by atoms with Crippen molar-refractivity contribution >= 4 is 5.91 Å². The molecule has 0 aromatic carbocycles. The Balaban J connectivity index is 1.58. The highest BCUT2D eigenvalue weighted by atomic mass is 16.2. The second-order valence-electron chi connectivity index (χ2n) is 6.21. The van der Waals surface area contributed by atoms with Gasteiger partial charge in [-0.15, -0.1) is 0 Å². The van der Waals surface area contributed by atoms with Crippen molar-refractivity contribution in [3.05, 3.63) is 0 Å². The molecule has 1 aliphatic heterocycles. The van der Waals surface area contributed by atoms with Crippen LogP contribution in [0.4, 0.5) is 0 Å². The molecule has 0 spiro atoms. The maximum absolute atomic E-state index is 11.9. The van der Waals surface area contributed by atoms with Gasteiger partial charge in [-0.25, -0.2) is 0 Å². The monoisotopic (exact) mass is 236 g/mol. The van der Waals surface area contributed by atoms with Crippen LogP contribution in [-0.2, 0) is 4.79 Å². The molecule has 0 aromatic rings. The summed E-state index contributed by atoms with van der Waals surface area (Å²) < 4.78 is 0. The maximum atomic E-state index is 11.9. The molecule has 0 radical (unpaired) electrons. The molecule has 3 rings (SSSR count). The Morgan fingerprint density at radius 3 is 2.76 bits per heavy atom. The van der Waals surface area contributed by atoms with Gasteiger partial charge in [0, 0.05) is 18.1 Å². The Hall–Kier alpha value is -0.570. The van der Waals surface area contributed by atoms with E-state index in [4.69, 9.17) is 0 Å². The van der Waals surface area contributed by atoms with Gasteiger partial charge in [-0.3, -0.25) is 9.69 Å². The van der Waals surface area contributed by atoms with Crippen molar-refractivity contribution in [2.45, 2.75) is 70.0 Å². The zero-order chi connectivity index (χ0) is 11.8. The van der Waals surface area contributed by atoms with Crippen LogP contribution < -0.4 is 5.32 Å².